The molecule has 0 bridgehead atoms. The molecule has 0 aliphatic heterocycles. The fourth-order valence-electron chi connectivity index (χ4n) is 2.32. The molecule has 1 aromatic heterocycles. The average molecular weight is 278 g/mol. The van der Waals surface area contributed by atoms with Gasteiger partial charge in [-0.1, -0.05) is 42.5 Å². The first-order valence-electron chi connectivity index (χ1n) is 6.71. The molecule has 21 heavy (non-hydrogen) atoms. The molecule has 0 unspecified atom stereocenters. The average Bonchev–Trinajstić information content (AvgIpc) is 2.52. The van der Waals surface area contributed by atoms with E-state index in [1.54, 1.807) is 37.3 Å². The van der Waals surface area contributed by atoms with Gasteiger partial charge in [0.1, 0.15) is 5.82 Å². The van der Waals surface area contributed by atoms with Crippen molar-refractivity contribution in [1.29, 1.82) is 0 Å². The van der Waals surface area contributed by atoms with E-state index in [1.807, 2.05) is 24.3 Å². The molecule has 0 saturated heterocycles. The van der Waals surface area contributed by atoms with Crippen LogP contribution in [0.5, 0.6) is 0 Å². The topological polar surface area (TPSA) is 52.0 Å². The van der Waals surface area contributed by atoms with Gasteiger partial charge < -0.3 is 0 Å². The summed E-state index contributed by atoms with van der Waals surface area (Å²) < 4.78 is 1.43. The Kier molecular flexibility index (Phi) is 3.36. The molecule has 3 rings (SSSR count). The number of para-hydroxylation sites is 1. The lowest BCUT2D eigenvalue weighted by atomic mass is 10.1. The van der Waals surface area contributed by atoms with Crippen LogP contribution in [-0.4, -0.2) is 15.3 Å². The standard InChI is InChI=1S/C17H14N2O2/c1-12-18-15-10-6-5-9-14(15)17(21)19(12)11-16(20)13-7-3-2-4-8-13/h2-10H,11H2,1H3. The van der Waals surface area contributed by atoms with Crippen LogP contribution in [-0.2, 0) is 6.54 Å². The quantitative estimate of drug-likeness (QED) is 0.692. The Balaban J connectivity index is 2.05. The number of fused-ring (bicyclic) bond motifs is 1. The number of benzene rings is 2. The Morgan fingerprint density at radius 1 is 1.05 bits per heavy atom. The molecule has 0 atom stereocenters. The van der Waals surface area contributed by atoms with Crippen molar-refractivity contribution in [2.45, 2.75) is 13.5 Å². The summed E-state index contributed by atoms with van der Waals surface area (Å²) in [6.45, 7) is 1.75. The van der Waals surface area contributed by atoms with E-state index in [9.17, 15) is 9.59 Å². The van der Waals surface area contributed by atoms with E-state index in [2.05, 4.69) is 4.98 Å². The second-order valence-electron chi connectivity index (χ2n) is 4.86. The van der Waals surface area contributed by atoms with E-state index < -0.39 is 0 Å². The molecule has 4 heteroatoms. The summed E-state index contributed by atoms with van der Waals surface area (Å²) in [5, 5.41) is 0.531. The summed E-state index contributed by atoms with van der Waals surface area (Å²) in [6, 6.07) is 16.1. The third-order valence-corrected chi connectivity index (χ3v) is 3.45. The van der Waals surface area contributed by atoms with Gasteiger partial charge >= 0.3 is 0 Å². The van der Waals surface area contributed by atoms with Crippen molar-refractivity contribution < 1.29 is 4.79 Å². The largest absolute Gasteiger partial charge is 0.292 e. The molecular formula is C17H14N2O2. The number of ketones is 1. The fourth-order valence-corrected chi connectivity index (χ4v) is 2.32. The highest BCUT2D eigenvalue weighted by molar-refractivity contribution is 5.96. The van der Waals surface area contributed by atoms with Crippen molar-refractivity contribution in [3.8, 4) is 0 Å². The van der Waals surface area contributed by atoms with Crippen molar-refractivity contribution in [2.75, 3.05) is 0 Å². The smallest absolute Gasteiger partial charge is 0.261 e. The van der Waals surface area contributed by atoms with Crippen molar-refractivity contribution in [3.63, 3.8) is 0 Å². The van der Waals surface area contributed by atoms with Crippen LogP contribution in [0, 0.1) is 6.92 Å². The van der Waals surface area contributed by atoms with E-state index in [4.69, 9.17) is 0 Å². The van der Waals surface area contributed by atoms with Gasteiger partial charge in [-0.25, -0.2) is 4.98 Å². The van der Waals surface area contributed by atoms with Crippen molar-refractivity contribution in [2.24, 2.45) is 0 Å². The number of nitrogens with zero attached hydrogens (tertiary/aromatic N) is 2. The van der Waals surface area contributed by atoms with Gasteiger partial charge in [0.05, 0.1) is 17.4 Å². The molecule has 104 valence electrons. The highest BCUT2D eigenvalue weighted by Gasteiger charge is 2.12. The number of carbonyl (C=O) groups is 1. The van der Waals surface area contributed by atoms with E-state index in [0.29, 0.717) is 22.3 Å². The summed E-state index contributed by atoms with van der Waals surface area (Å²) in [4.78, 5) is 29.1. The van der Waals surface area contributed by atoms with Crippen molar-refractivity contribution in [1.82, 2.24) is 9.55 Å². The monoisotopic (exact) mass is 278 g/mol. The number of Topliss-reactive ketones (excluding diaryl/α,β-unsaturated/α-hetero) is 1. The van der Waals surface area contributed by atoms with E-state index in [-0.39, 0.29) is 17.9 Å². The van der Waals surface area contributed by atoms with Crippen LogP contribution in [0.3, 0.4) is 0 Å². The maximum Gasteiger partial charge on any atom is 0.261 e. The minimum atomic E-state index is -0.178. The number of aromatic nitrogens is 2. The van der Waals surface area contributed by atoms with Crippen LogP contribution in [0.25, 0.3) is 10.9 Å². The molecule has 0 radical (unpaired) electrons. The van der Waals surface area contributed by atoms with E-state index in [1.165, 1.54) is 4.57 Å². The van der Waals surface area contributed by atoms with Crippen LogP contribution in [0.2, 0.25) is 0 Å². The second kappa shape index (κ2) is 5.32. The number of hydrogen-bond acceptors (Lipinski definition) is 3. The molecule has 0 aliphatic rings. The first-order chi connectivity index (χ1) is 10.2. The minimum Gasteiger partial charge on any atom is -0.292 e. The molecular weight excluding hydrogens is 264 g/mol. The number of hydrogen-bond donors (Lipinski definition) is 0. The zero-order valence-corrected chi connectivity index (χ0v) is 11.6. The summed E-state index contributed by atoms with van der Waals surface area (Å²) >= 11 is 0. The molecule has 0 aliphatic carbocycles. The van der Waals surface area contributed by atoms with Gasteiger partial charge in [0, 0.05) is 5.56 Å². The van der Waals surface area contributed by atoms with Crippen molar-refractivity contribution in [3.05, 3.63) is 76.3 Å². The number of rotatable bonds is 3. The van der Waals surface area contributed by atoms with E-state index >= 15 is 0 Å². The lowest BCUT2D eigenvalue weighted by molar-refractivity contribution is 0.0969. The molecule has 4 nitrogen and oxygen atoms in total. The fraction of sp³-hybridized carbons (Fsp3) is 0.118. The van der Waals surface area contributed by atoms with E-state index in [0.717, 1.165) is 0 Å². The Morgan fingerprint density at radius 2 is 1.71 bits per heavy atom. The van der Waals surface area contributed by atoms with Gasteiger partial charge in [-0.3, -0.25) is 14.2 Å². The minimum absolute atomic E-state index is 0.00646. The highest BCUT2D eigenvalue weighted by Crippen LogP contribution is 2.08. The molecule has 2 aromatic carbocycles. The molecule has 1 heterocycles. The van der Waals surface area contributed by atoms with Crippen LogP contribution in [0.15, 0.2) is 59.4 Å². The van der Waals surface area contributed by atoms with Gasteiger partial charge in [0.25, 0.3) is 5.56 Å². The van der Waals surface area contributed by atoms with Gasteiger partial charge in [0.15, 0.2) is 5.78 Å². The summed E-state index contributed by atoms with van der Waals surface area (Å²) in [5.74, 6) is 0.445. The number of aryl methyl sites for hydroxylation is 1. The maximum absolute atomic E-state index is 12.5. The second-order valence-corrected chi connectivity index (χ2v) is 4.86. The molecule has 3 aromatic rings. The highest BCUT2D eigenvalue weighted by atomic mass is 16.1. The lowest BCUT2D eigenvalue weighted by Crippen LogP contribution is -2.27. The van der Waals surface area contributed by atoms with Gasteiger partial charge in [0.2, 0.25) is 0 Å². The predicted molar refractivity (Wildman–Crippen MR) is 81.5 cm³/mol. The molecule has 0 amide bonds. The lowest BCUT2D eigenvalue weighted by Gasteiger charge is -2.10. The zero-order chi connectivity index (χ0) is 14.8. The Labute approximate surface area is 121 Å². The van der Waals surface area contributed by atoms with Gasteiger partial charge in [-0.05, 0) is 19.1 Å². The Hall–Kier alpha value is -2.75. The van der Waals surface area contributed by atoms with Crippen LogP contribution < -0.4 is 5.56 Å². The molecule has 0 fully saturated rings. The molecule has 0 N–H and O–H groups in total. The van der Waals surface area contributed by atoms with Crippen LogP contribution >= 0.6 is 0 Å². The molecule has 0 spiro atoms. The molecule has 0 saturated carbocycles. The van der Waals surface area contributed by atoms with Gasteiger partial charge in [-0.15, -0.1) is 0 Å². The predicted octanol–water partition coefficient (Wildman–Crippen LogP) is 2.59. The SMILES string of the molecule is Cc1nc2ccccc2c(=O)n1CC(=O)c1ccccc1. The zero-order valence-electron chi connectivity index (χ0n) is 11.6. The summed E-state index contributed by atoms with van der Waals surface area (Å²) in [5.41, 5.74) is 1.07. The third-order valence-electron chi connectivity index (χ3n) is 3.45. The summed E-state index contributed by atoms with van der Waals surface area (Å²) in [6.07, 6.45) is 0. The van der Waals surface area contributed by atoms with Crippen molar-refractivity contribution >= 4 is 16.7 Å². The Bertz CT molecular complexity index is 867. The normalized spacial score (nSPS) is 10.7. The first kappa shape index (κ1) is 13.2. The summed E-state index contributed by atoms with van der Waals surface area (Å²) in [7, 11) is 0. The van der Waals surface area contributed by atoms with Gasteiger partial charge in [-0.2, -0.15) is 0 Å². The van der Waals surface area contributed by atoms with Crippen LogP contribution in [0.1, 0.15) is 16.2 Å². The van der Waals surface area contributed by atoms with Crippen LogP contribution in [0.4, 0.5) is 0 Å². The third kappa shape index (κ3) is 2.48. The maximum atomic E-state index is 12.5. The number of carbonyl (C=O) groups excluding carboxylic acids is 1. The Morgan fingerprint density at radius 3 is 2.48 bits per heavy atom. The first-order valence-corrected chi connectivity index (χ1v) is 6.71.